The Morgan fingerprint density at radius 3 is 2.63 bits per heavy atom. The lowest BCUT2D eigenvalue weighted by Gasteiger charge is -2.21. The molecule has 2 aromatic carbocycles. The first-order chi connectivity index (χ1) is 14.5. The Bertz CT molecular complexity index is 908. The van der Waals surface area contributed by atoms with Gasteiger partial charge in [0.2, 0.25) is 5.75 Å². The molecule has 0 aromatic heterocycles. The van der Waals surface area contributed by atoms with Crippen molar-refractivity contribution in [1.29, 1.82) is 0 Å². The third-order valence-corrected chi connectivity index (χ3v) is 4.54. The molecule has 0 bridgehead atoms. The van der Waals surface area contributed by atoms with E-state index in [1.54, 1.807) is 32.2 Å². The van der Waals surface area contributed by atoms with Gasteiger partial charge in [-0.3, -0.25) is 4.79 Å². The molecule has 158 valence electrons. The number of esters is 1. The lowest BCUT2D eigenvalue weighted by atomic mass is 10.1. The minimum absolute atomic E-state index is 0.276. The number of likely N-dealkylation sites (N-methyl/N-ethyl adjacent to an activating group) is 1. The van der Waals surface area contributed by atoms with Crippen LogP contribution in [0, 0.1) is 0 Å². The summed E-state index contributed by atoms with van der Waals surface area (Å²) in [5.74, 6) is 0.731. The Hall–Kier alpha value is -3.48. The second kappa shape index (κ2) is 9.82. The molecule has 0 radical (unpaired) electrons. The number of hydrogen-bond donors (Lipinski definition) is 0. The molecule has 1 heterocycles. The smallest absolute Gasteiger partial charge is 0.331 e. The molecule has 7 heteroatoms. The van der Waals surface area contributed by atoms with E-state index in [4.69, 9.17) is 18.9 Å². The number of carbonyl (C=O) groups is 2. The maximum atomic E-state index is 12.5. The number of ether oxygens (including phenoxy) is 4. The van der Waals surface area contributed by atoms with E-state index < -0.39 is 12.1 Å². The Balaban J connectivity index is 1.59. The molecule has 0 aliphatic carbocycles. The Morgan fingerprint density at radius 1 is 1.17 bits per heavy atom. The van der Waals surface area contributed by atoms with Crippen LogP contribution >= 0.6 is 0 Å². The zero-order valence-electron chi connectivity index (χ0n) is 17.3. The molecular formula is C23H25NO6. The molecule has 1 atom stereocenters. The Kier molecular flexibility index (Phi) is 6.95. The van der Waals surface area contributed by atoms with Crippen molar-refractivity contribution in [3.8, 4) is 17.2 Å². The highest BCUT2D eigenvalue weighted by atomic mass is 16.6. The van der Waals surface area contributed by atoms with Crippen LogP contribution in [0.3, 0.4) is 0 Å². The zero-order valence-corrected chi connectivity index (χ0v) is 17.3. The average Bonchev–Trinajstić information content (AvgIpc) is 2.77. The van der Waals surface area contributed by atoms with Crippen LogP contribution < -0.4 is 14.2 Å². The van der Waals surface area contributed by atoms with Gasteiger partial charge in [-0.05, 0) is 36.3 Å². The van der Waals surface area contributed by atoms with Crippen LogP contribution in [0.25, 0.3) is 6.08 Å². The fourth-order valence-electron chi connectivity index (χ4n) is 3.06. The number of benzene rings is 2. The summed E-state index contributed by atoms with van der Waals surface area (Å²) in [6, 6.07) is 13.1. The molecule has 7 nitrogen and oxygen atoms in total. The minimum atomic E-state index is -0.898. The summed E-state index contributed by atoms with van der Waals surface area (Å²) in [5, 5.41) is 0. The van der Waals surface area contributed by atoms with E-state index in [1.165, 1.54) is 18.1 Å². The van der Waals surface area contributed by atoms with E-state index in [2.05, 4.69) is 0 Å². The number of fused-ring (bicyclic) bond motifs is 1. The van der Waals surface area contributed by atoms with E-state index in [-0.39, 0.29) is 5.91 Å². The first-order valence-corrected chi connectivity index (χ1v) is 9.63. The summed E-state index contributed by atoms with van der Waals surface area (Å²) < 4.78 is 21.7. The number of methoxy groups -OCH3 is 1. The Labute approximate surface area is 175 Å². The molecule has 1 aliphatic heterocycles. The maximum absolute atomic E-state index is 12.5. The van der Waals surface area contributed by atoms with Gasteiger partial charge >= 0.3 is 5.97 Å². The highest BCUT2D eigenvalue weighted by Gasteiger charge is 2.21. The van der Waals surface area contributed by atoms with Gasteiger partial charge in [0, 0.05) is 19.7 Å². The predicted molar refractivity (Wildman–Crippen MR) is 111 cm³/mol. The molecule has 0 saturated carbocycles. The Morgan fingerprint density at radius 2 is 1.90 bits per heavy atom. The molecule has 0 saturated heterocycles. The second-order valence-corrected chi connectivity index (χ2v) is 6.84. The molecule has 0 fully saturated rings. The average molecular weight is 411 g/mol. The van der Waals surface area contributed by atoms with Gasteiger partial charge in [0.25, 0.3) is 5.91 Å². The van der Waals surface area contributed by atoms with Crippen LogP contribution in [0.15, 0.2) is 48.5 Å². The molecule has 0 unspecified atom stereocenters. The normalized spacial score (nSPS) is 13.6. The van der Waals surface area contributed by atoms with Crippen molar-refractivity contribution < 1.29 is 28.5 Å². The van der Waals surface area contributed by atoms with Gasteiger partial charge in [0.1, 0.15) is 13.2 Å². The molecule has 30 heavy (non-hydrogen) atoms. The van der Waals surface area contributed by atoms with Crippen LogP contribution in [0.2, 0.25) is 0 Å². The molecule has 1 amide bonds. The summed E-state index contributed by atoms with van der Waals surface area (Å²) in [4.78, 5) is 26.2. The summed E-state index contributed by atoms with van der Waals surface area (Å²) in [7, 11) is 3.21. The molecule has 2 aromatic rings. The van der Waals surface area contributed by atoms with E-state index in [0.29, 0.717) is 42.6 Å². The van der Waals surface area contributed by atoms with E-state index in [1.807, 2.05) is 30.3 Å². The number of rotatable bonds is 7. The van der Waals surface area contributed by atoms with Crippen LogP contribution in [0.4, 0.5) is 0 Å². The van der Waals surface area contributed by atoms with Gasteiger partial charge in [-0.1, -0.05) is 30.3 Å². The highest BCUT2D eigenvalue weighted by Crippen LogP contribution is 2.40. The topological polar surface area (TPSA) is 74.3 Å². The van der Waals surface area contributed by atoms with Gasteiger partial charge in [0.05, 0.1) is 7.11 Å². The molecule has 3 rings (SSSR count). The number of carbonyl (C=O) groups excluding carboxylic acids is 2. The van der Waals surface area contributed by atoms with Crippen LogP contribution in [0.5, 0.6) is 17.2 Å². The highest BCUT2D eigenvalue weighted by molar-refractivity contribution is 5.90. The monoisotopic (exact) mass is 411 g/mol. The van der Waals surface area contributed by atoms with Gasteiger partial charge in [-0.2, -0.15) is 0 Å². The van der Waals surface area contributed by atoms with Crippen molar-refractivity contribution in [2.75, 3.05) is 27.4 Å². The van der Waals surface area contributed by atoms with Crippen molar-refractivity contribution in [3.05, 3.63) is 59.7 Å². The van der Waals surface area contributed by atoms with Crippen molar-refractivity contribution in [3.63, 3.8) is 0 Å². The van der Waals surface area contributed by atoms with E-state index in [0.717, 1.165) is 5.56 Å². The first-order valence-electron chi connectivity index (χ1n) is 9.63. The summed E-state index contributed by atoms with van der Waals surface area (Å²) >= 11 is 0. The fraction of sp³-hybridized carbons (Fsp3) is 0.304. The largest absolute Gasteiger partial charge is 0.493 e. The summed E-state index contributed by atoms with van der Waals surface area (Å²) in [6.07, 6.45) is 1.95. The maximum Gasteiger partial charge on any atom is 0.331 e. The van der Waals surface area contributed by atoms with E-state index in [9.17, 15) is 9.59 Å². The van der Waals surface area contributed by atoms with Crippen molar-refractivity contribution in [1.82, 2.24) is 4.90 Å². The number of amides is 1. The van der Waals surface area contributed by atoms with Crippen molar-refractivity contribution in [2.45, 2.75) is 19.6 Å². The van der Waals surface area contributed by atoms with Crippen LogP contribution in [-0.4, -0.2) is 50.3 Å². The zero-order chi connectivity index (χ0) is 21.5. The SMILES string of the molecule is COc1cc(/C=C/C(=O)O[C@@H](C)C(=O)N(C)Cc2ccccc2)cc2c1OCCO2. The van der Waals surface area contributed by atoms with Crippen molar-refractivity contribution in [2.24, 2.45) is 0 Å². The lowest BCUT2D eigenvalue weighted by Crippen LogP contribution is -2.36. The van der Waals surface area contributed by atoms with Crippen LogP contribution in [-0.2, 0) is 20.9 Å². The lowest BCUT2D eigenvalue weighted by molar-refractivity contribution is -0.154. The molecular weight excluding hydrogens is 386 g/mol. The third-order valence-electron chi connectivity index (χ3n) is 4.54. The van der Waals surface area contributed by atoms with Crippen LogP contribution in [0.1, 0.15) is 18.1 Å². The minimum Gasteiger partial charge on any atom is -0.493 e. The van der Waals surface area contributed by atoms with E-state index >= 15 is 0 Å². The summed E-state index contributed by atoms with van der Waals surface area (Å²) in [6.45, 7) is 2.90. The molecule has 0 N–H and O–H groups in total. The van der Waals surface area contributed by atoms with Gasteiger partial charge in [-0.25, -0.2) is 4.79 Å². The van der Waals surface area contributed by atoms with Crippen molar-refractivity contribution >= 4 is 18.0 Å². The van der Waals surface area contributed by atoms with Gasteiger partial charge < -0.3 is 23.8 Å². The van der Waals surface area contributed by atoms with Gasteiger partial charge in [-0.15, -0.1) is 0 Å². The first kappa shape index (κ1) is 21.2. The molecule has 1 aliphatic rings. The molecule has 0 spiro atoms. The van der Waals surface area contributed by atoms with Gasteiger partial charge in [0.15, 0.2) is 17.6 Å². The number of nitrogens with zero attached hydrogens (tertiary/aromatic N) is 1. The third kappa shape index (κ3) is 5.31. The second-order valence-electron chi connectivity index (χ2n) is 6.84. The standard InChI is InChI=1S/C23H25NO6/c1-16(23(26)24(2)15-17-7-5-4-6-8-17)30-21(25)10-9-18-13-19(27-3)22-20(14-18)28-11-12-29-22/h4-10,13-14,16H,11-12,15H2,1-3H3/b10-9+/t16-/m0/s1. The summed E-state index contributed by atoms with van der Waals surface area (Å²) in [5.41, 5.74) is 1.69. The number of hydrogen-bond acceptors (Lipinski definition) is 6. The predicted octanol–water partition coefficient (Wildman–Crippen LogP) is 3.07. The quantitative estimate of drug-likeness (QED) is 0.515. The fourth-order valence-corrected chi connectivity index (χ4v) is 3.06.